The number of benzene rings is 2. The van der Waals surface area contributed by atoms with Crippen LogP contribution < -0.4 is 15.4 Å². The Morgan fingerprint density at radius 1 is 1.17 bits per heavy atom. The lowest BCUT2D eigenvalue weighted by molar-refractivity contribution is -0.119. The zero-order chi connectivity index (χ0) is 21.0. The van der Waals surface area contributed by atoms with Crippen molar-refractivity contribution in [2.75, 3.05) is 26.1 Å². The number of rotatable bonds is 6. The molecule has 0 aliphatic carbocycles. The molecule has 0 saturated heterocycles. The Bertz CT molecular complexity index is 963. The van der Waals surface area contributed by atoms with E-state index in [-0.39, 0.29) is 23.8 Å². The highest BCUT2D eigenvalue weighted by Gasteiger charge is 2.28. The maximum Gasteiger partial charge on any atom is 0.250 e. The molecule has 3 rings (SSSR count). The molecule has 0 radical (unpaired) electrons. The van der Waals surface area contributed by atoms with Gasteiger partial charge in [0, 0.05) is 41.2 Å². The van der Waals surface area contributed by atoms with Crippen LogP contribution in [0.2, 0.25) is 0 Å². The van der Waals surface area contributed by atoms with E-state index >= 15 is 0 Å². The molecule has 0 saturated carbocycles. The third-order valence-corrected chi connectivity index (χ3v) is 4.69. The molecule has 2 aromatic carbocycles. The molecular formula is C23H26N2O4. The summed E-state index contributed by atoms with van der Waals surface area (Å²) in [6.45, 7) is 4.16. The maximum atomic E-state index is 13.0. The average Bonchev–Trinajstić information content (AvgIpc) is 2.67. The van der Waals surface area contributed by atoms with Crippen LogP contribution in [0.25, 0.3) is 5.70 Å². The number of methoxy groups -OCH3 is 2. The van der Waals surface area contributed by atoms with E-state index in [1.54, 1.807) is 37.5 Å². The summed E-state index contributed by atoms with van der Waals surface area (Å²) in [4.78, 5) is 24.7. The van der Waals surface area contributed by atoms with Crippen molar-refractivity contribution < 1.29 is 19.1 Å². The van der Waals surface area contributed by atoms with E-state index < -0.39 is 0 Å². The molecule has 0 spiro atoms. The molecule has 6 nitrogen and oxygen atoms in total. The number of hydrogen-bond donors (Lipinski definition) is 2. The van der Waals surface area contributed by atoms with Gasteiger partial charge in [0.2, 0.25) is 5.91 Å². The molecule has 1 amide bonds. The number of ether oxygens (including phenoxy) is 2. The van der Waals surface area contributed by atoms with Gasteiger partial charge in [-0.05, 0) is 50.1 Å². The highest BCUT2D eigenvalue weighted by atomic mass is 16.5. The summed E-state index contributed by atoms with van der Waals surface area (Å²) >= 11 is 0. The number of fused-ring (bicyclic) bond motifs is 1. The summed E-state index contributed by atoms with van der Waals surface area (Å²) < 4.78 is 10.2. The highest BCUT2D eigenvalue weighted by molar-refractivity contribution is 6.09. The van der Waals surface area contributed by atoms with Gasteiger partial charge in [-0.25, -0.2) is 0 Å². The summed E-state index contributed by atoms with van der Waals surface area (Å²) in [5.41, 5.74) is 3.74. The molecule has 0 fully saturated rings. The molecule has 2 N–H and O–H groups in total. The third kappa shape index (κ3) is 5.03. The first-order valence-electron chi connectivity index (χ1n) is 9.41. The predicted molar refractivity (Wildman–Crippen MR) is 113 cm³/mol. The summed E-state index contributed by atoms with van der Waals surface area (Å²) in [5.74, 6) is 0.320. The first kappa shape index (κ1) is 20.6. The quantitative estimate of drug-likeness (QED) is 0.580. The molecule has 0 atom stereocenters. The summed E-state index contributed by atoms with van der Waals surface area (Å²) in [5, 5.41) is 6.18. The van der Waals surface area contributed by atoms with Gasteiger partial charge in [-0.2, -0.15) is 0 Å². The minimum absolute atomic E-state index is 0.0418. The van der Waals surface area contributed by atoms with Crippen molar-refractivity contribution in [2.24, 2.45) is 0 Å². The normalized spacial score (nSPS) is 15.9. The number of allylic oxidation sites excluding steroid dienone is 1. The lowest BCUT2D eigenvalue weighted by atomic mass is 9.85. The van der Waals surface area contributed by atoms with E-state index in [1.165, 1.54) is 7.11 Å². The van der Waals surface area contributed by atoms with Crippen LogP contribution in [0.5, 0.6) is 5.75 Å². The fourth-order valence-electron chi connectivity index (χ4n) is 3.45. The molecule has 0 unspecified atom stereocenters. The van der Waals surface area contributed by atoms with Crippen molar-refractivity contribution in [3.63, 3.8) is 0 Å². The lowest BCUT2D eigenvalue weighted by Gasteiger charge is -2.35. The van der Waals surface area contributed by atoms with Gasteiger partial charge in [-0.3, -0.25) is 9.59 Å². The van der Waals surface area contributed by atoms with Crippen molar-refractivity contribution in [3.05, 3.63) is 65.2 Å². The van der Waals surface area contributed by atoms with Gasteiger partial charge in [-0.15, -0.1) is 0 Å². The average molecular weight is 394 g/mol. The monoisotopic (exact) mass is 394 g/mol. The third-order valence-electron chi connectivity index (χ3n) is 4.69. The lowest BCUT2D eigenvalue weighted by Crippen LogP contribution is -2.43. The van der Waals surface area contributed by atoms with Crippen LogP contribution in [0, 0.1) is 0 Å². The molecule has 29 heavy (non-hydrogen) atoms. The number of anilines is 1. The Kier molecular flexibility index (Phi) is 6.03. The molecule has 0 bridgehead atoms. The molecule has 2 aromatic rings. The number of carbonyl (C=O) groups excluding carboxylic acids is 2. The van der Waals surface area contributed by atoms with Crippen molar-refractivity contribution in [1.29, 1.82) is 0 Å². The van der Waals surface area contributed by atoms with E-state index in [9.17, 15) is 9.59 Å². The minimum Gasteiger partial charge on any atom is -0.497 e. The van der Waals surface area contributed by atoms with Gasteiger partial charge in [0.15, 0.2) is 5.78 Å². The fraction of sp³-hybridized carbons (Fsp3) is 0.304. The predicted octanol–water partition coefficient (Wildman–Crippen LogP) is 3.43. The van der Waals surface area contributed by atoms with Crippen LogP contribution in [0.4, 0.5) is 5.69 Å². The molecular weight excluding hydrogens is 368 g/mol. The second-order valence-electron chi connectivity index (χ2n) is 7.69. The minimum atomic E-state index is -0.271. The van der Waals surface area contributed by atoms with Crippen molar-refractivity contribution in [2.45, 2.75) is 25.8 Å². The number of hydrogen-bond acceptors (Lipinski definition) is 5. The van der Waals surface area contributed by atoms with Gasteiger partial charge in [0.05, 0.1) is 7.11 Å². The first-order valence-corrected chi connectivity index (χ1v) is 9.41. The summed E-state index contributed by atoms with van der Waals surface area (Å²) in [6, 6.07) is 12.8. The highest BCUT2D eigenvalue weighted by Crippen LogP contribution is 2.32. The molecule has 0 aromatic heterocycles. The Labute approximate surface area is 170 Å². The summed E-state index contributed by atoms with van der Waals surface area (Å²) in [7, 11) is 3.08. The zero-order valence-electron chi connectivity index (χ0n) is 17.2. The van der Waals surface area contributed by atoms with Gasteiger partial charge >= 0.3 is 0 Å². The van der Waals surface area contributed by atoms with Gasteiger partial charge in [0.25, 0.3) is 0 Å². The number of nitrogens with one attached hydrogen (secondary N) is 2. The second-order valence-corrected chi connectivity index (χ2v) is 7.69. The molecule has 1 heterocycles. The topological polar surface area (TPSA) is 76.7 Å². The van der Waals surface area contributed by atoms with Crippen LogP contribution in [0.1, 0.15) is 35.3 Å². The Morgan fingerprint density at radius 2 is 1.97 bits per heavy atom. The van der Waals surface area contributed by atoms with Gasteiger partial charge in [-0.1, -0.05) is 18.2 Å². The summed E-state index contributed by atoms with van der Waals surface area (Å²) in [6.07, 6.45) is 2.45. The molecule has 152 valence electrons. The standard InChI is InChI=1S/C23H26N2O4/c1-23(2)13-16-8-9-18(29-4)11-19(16)20(25-23)12-21(26)15-6-5-7-17(10-15)24-22(27)14-28-3/h5-12,25H,13-14H2,1-4H3,(H,24,27)/b20-12-. The van der Waals surface area contributed by atoms with E-state index in [0.29, 0.717) is 11.3 Å². The van der Waals surface area contributed by atoms with Crippen LogP contribution in [-0.4, -0.2) is 38.1 Å². The zero-order valence-corrected chi connectivity index (χ0v) is 17.2. The smallest absolute Gasteiger partial charge is 0.250 e. The molecule has 6 heteroatoms. The first-order chi connectivity index (χ1) is 13.8. The SMILES string of the molecule is COCC(=O)Nc1cccc(C(=O)/C=C2\NC(C)(C)Cc3ccc(OC)cc32)c1. The van der Waals surface area contributed by atoms with E-state index in [2.05, 4.69) is 24.5 Å². The Balaban J connectivity index is 1.92. The van der Waals surface area contributed by atoms with Crippen LogP contribution in [-0.2, 0) is 16.0 Å². The van der Waals surface area contributed by atoms with Crippen LogP contribution in [0.3, 0.4) is 0 Å². The maximum absolute atomic E-state index is 13.0. The second kappa shape index (κ2) is 8.49. The van der Waals surface area contributed by atoms with E-state index in [4.69, 9.17) is 9.47 Å². The Morgan fingerprint density at radius 3 is 2.69 bits per heavy atom. The van der Waals surface area contributed by atoms with Gasteiger partial charge < -0.3 is 20.1 Å². The van der Waals surface area contributed by atoms with Crippen molar-refractivity contribution >= 4 is 23.1 Å². The number of ketones is 1. The fourth-order valence-corrected chi connectivity index (χ4v) is 3.45. The van der Waals surface area contributed by atoms with E-state index in [1.807, 2.05) is 18.2 Å². The molecule has 1 aliphatic heterocycles. The van der Waals surface area contributed by atoms with Gasteiger partial charge in [0.1, 0.15) is 12.4 Å². The number of carbonyl (C=O) groups is 2. The van der Waals surface area contributed by atoms with Crippen LogP contribution in [0.15, 0.2) is 48.5 Å². The Hall–Kier alpha value is -3.12. The van der Waals surface area contributed by atoms with Crippen LogP contribution >= 0.6 is 0 Å². The van der Waals surface area contributed by atoms with Crippen molar-refractivity contribution in [3.8, 4) is 5.75 Å². The molecule has 1 aliphatic rings. The largest absolute Gasteiger partial charge is 0.497 e. The van der Waals surface area contributed by atoms with E-state index in [0.717, 1.165) is 29.0 Å². The number of amides is 1. The van der Waals surface area contributed by atoms with Crippen molar-refractivity contribution in [1.82, 2.24) is 5.32 Å².